The Morgan fingerprint density at radius 1 is 1.27 bits per heavy atom. The van der Waals surface area contributed by atoms with Crippen LogP contribution in [-0.4, -0.2) is 59.6 Å². The van der Waals surface area contributed by atoms with Crippen molar-refractivity contribution in [1.29, 1.82) is 0 Å². The second-order valence-corrected chi connectivity index (χ2v) is 6.44. The van der Waals surface area contributed by atoms with Gasteiger partial charge in [-0.2, -0.15) is 13.2 Å². The summed E-state index contributed by atoms with van der Waals surface area (Å²) in [6.45, 7) is 0.239. The Labute approximate surface area is 145 Å². The quantitative estimate of drug-likeness (QED) is 0.711. The van der Waals surface area contributed by atoms with E-state index in [1.165, 1.54) is 23.0 Å². The number of nitrogens with zero attached hydrogens (tertiary/aromatic N) is 3. The highest BCUT2D eigenvalue weighted by molar-refractivity contribution is 6.22. The number of anilines is 1. The molecule has 4 amide bonds. The van der Waals surface area contributed by atoms with Crippen molar-refractivity contribution in [3.8, 4) is 0 Å². The SMILES string of the molecule is COC(=O)N1CC2C[C@@H]1[C@@H]1C(=O)N(c3cccc(C(F)(F)F)c3)C(=O)N21. The molecule has 0 aliphatic carbocycles. The lowest BCUT2D eigenvalue weighted by molar-refractivity contribution is -0.137. The number of benzene rings is 1. The van der Waals surface area contributed by atoms with Crippen molar-refractivity contribution in [2.24, 2.45) is 0 Å². The number of piperazine rings is 1. The van der Waals surface area contributed by atoms with Gasteiger partial charge >= 0.3 is 18.3 Å². The molecular weight excluding hydrogens is 355 g/mol. The molecule has 3 atom stereocenters. The van der Waals surface area contributed by atoms with Gasteiger partial charge in [-0.25, -0.2) is 14.5 Å². The zero-order valence-corrected chi connectivity index (χ0v) is 13.6. The average molecular weight is 369 g/mol. The predicted molar refractivity (Wildman–Crippen MR) is 81.3 cm³/mol. The second-order valence-electron chi connectivity index (χ2n) is 6.44. The average Bonchev–Trinajstić information content (AvgIpc) is 3.25. The van der Waals surface area contributed by atoms with Gasteiger partial charge in [0.05, 0.1) is 30.4 Å². The Hall–Kier alpha value is -2.78. The first-order valence-corrected chi connectivity index (χ1v) is 7.92. The first-order valence-electron chi connectivity index (χ1n) is 7.92. The number of fused-ring (bicyclic) bond motifs is 5. The highest BCUT2D eigenvalue weighted by Crippen LogP contribution is 2.43. The van der Waals surface area contributed by atoms with Crippen LogP contribution in [0.25, 0.3) is 0 Å². The van der Waals surface area contributed by atoms with Crippen molar-refractivity contribution in [1.82, 2.24) is 9.80 Å². The summed E-state index contributed by atoms with van der Waals surface area (Å²) in [6, 6.07) is 1.66. The Morgan fingerprint density at radius 2 is 2.00 bits per heavy atom. The number of likely N-dealkylation sites (tertiary alicyclic amines) is 1. The minimum Gasteiger partial charge on any atom is -0.453 e. The van der Waals surface area contributed by atoms with Crippen molar-refractivity contribution < 1.29 is 32.3 Å². The molecule has 0 N–H and O–H groups in total. The van der Waals surface area contributed by atoms with Crippen LogP contribution in [0.1, 0.15) is 12.0 Å². The summed E-state index contributed by atoms with van der Waals surface area (Å²) in [4.78, 5) is 40.9. The van der Waals surface area contributed by atoms with Crippen molar-refractivity contribution in [3.05, 3.63) is 29.8 Å². The maximum atomic E-state index is 12.9. The number of alkyl halides is 3. The number of imide groups is 1. The normalized spacial score (nSPS) is 27.4. The Morgan fingerprint density at radius 3 is 2.65 bits per heavy atom. The third-order valence-electron chi connectivity index (χ3n) is 5.11. The van der Waals surface area contributed by atoms with E-state index in [0.717, 1.165) is 23.1 Å². The van der Waals surface area contributed by atoms with E-state index in [9.17, 15) is 27.6 Å². The standard InChI is InChI=1S/C16H14F3N3O4/c1-26-15(25)20-7-10-6-11(20)12-13(23)22(14(24)21(10)12)9-4-2-3-8(5-9)16(17,18)19/h2-5,10-12H,6-7H2,1H3/t10?,11-,12-/m1/s1. The van der Waals surface area contributed by atoms with Crippen molar-refractivity contribution >= 4 is 23.7 Å². The van der Waals surface area contributed by atoms with E-state index in [0.29, 0.717) is 6.42 Å². The molecule has 3 fully saturated rings. The Kier molecular flexibility index (Phi) is 3.44. The molecule has 2 bridgehead atoms. The summed E-state index contributed by atoms with van der Waals surface area (Å²) in [7, 11) is 1.22. The van der Waals surface area contributed by atoms with E-state index in [-0.39, 0.29) is 18.3 Å². The molecule has 1 aromatic rings. The molecule has 3 saturated heterocycles. The molecule has 0 saturated carbocycles. The summed E-state index contributed by atoms with van der Waals surface area (Å²) in [5.74, 6) is -0.629. The number of methoxy groups -OCH3 is 1. The third-order valence-corrected chi connectivity index (χ3v) is 5.11. The van der Waals surface area contributed by atoms with Crippen molar-refractivity contribution in [2.75, 3.05) is 18.6 Å². The van der Waals surface area contributed by atoms with Gasteiger partial charge < -0.3 is 14.5 Å². The predicted octanol–water partition coefficient (Wildman–Crippen LogP) is 2.07. The van der Waals surface area contributed by atoms with Crippen molar-refractivity contribution in [3.63, 3.8) is 0 Å². The maximum absolute atomic E-state index is 12.9. The molecule has 4 rings (SSSR count). The van der Waals surface area contributed by atoms with Gasteiger partial charge in [0.15, 0.2) is 0 Å². The Balaban J connectivity index is 1.67. The fourth-order valence-corrected chi connectivity index (χ4v) is 4.04. The van der Waals surface area contributed by atoms with Gasteiger partial charge in [-0.05, 0) is 24.6 Å². The summed E-state index contributed by atoms with van der Waals surface area (Å²) in [5, 5.41) is 0. The number of halogens is 3. The minimum atomic E-state index is -4.58. The van der Waals surface area contributed by atoms with Crippen LogP contribution >= 0.6 is 0 Å². The maximum Gasteiger partial charge on any atom is 0.416 e. The van der Waals surface area contributed by atoms with Crippen LogP contribution in [0.15, 0.2) is 24.3 Å². The molecule has 138 valence electrons. The molecule has 10 heteroatoms. The van der Waals surface area contributed by atoms with Crippen LogP contribution in [0.4, 0.5) is 28.4 Å². The topological polar surface area (TPSA) is 70.2 Å². The summed E-state index contributed by atoms with van der Waals surface area (Å²) in [5.41, 5.74) is -1.07. The van der Waals surface area contributed by atoms with Crippen LogP contribution in [0.2, 0.25) is 0 Å². The van der Waals surface area contributed by atoms with E-state index in [2.05, 4.69) is 0 Å². The number of carbonyl (C=O) groups excluding carboxylic acids is 3. The molecule has 1 unspecified atom stereocenters. The number of carbonyl (C=O) groups is 3. The summed E-state index contributed by atoms with van der Waals surface area (Å²) in [6.07, 6.45) is -4.72. The van der Waals surface area contributed by atoms with Gasteiger partial charge in [-0.1, -0.05) is 6.07 Å². The molecule has 0 radical (unpaired) electrons. The van der Waals surface area contributed by atoms with E-state index < -0.39 is 41.9 Å². The second kappa shape index (κ2) is 5.36. The van der Waals surface area contributed by atoms with Gasteiger partial charge in [-0.3, -0.25) is 4.79 Å². The van der Waals surface area contributed by atoms with Crippen LogP contribution < -0.4 is 4.90 Å². The molecule has 1 aromatic carbocycles. The molecule has 3 aliphatic heterocycles. The Bertz CT molecular complexity index is 812. The lowest BCUT2D eigenvalue weighted by atomic mass is 10.1. The van der Waals surface area contributed by atoms with Gasteiger partial charge in [0.2, 0.25) is 0 Å². The van der Waals surface area contributed by atoms with E-state index in [1.807, 2.05) is 0 Å². The largest absolute Gasteiger partial charge is 0.453 e. The third kappa shape index (κ3) is 2.17. The van der Waals surface area contributed by atoms with Crippen LogP contribution in [0.5, 0.6) is 0 Å². The fourth-order valence-electron chi connectivity index (χ4n) is 4.04. The molecule has 3 aliphatic rings. The lowest BCUT2D eigenvalue weighted by Gasteiger charge is -2.33. The highest BCUT2D eigenvalue weighted by Gasteiger charge is 2.63. The first-order chi connectivity index (χ1) is 12.2. The monoisotopic (exact) mass is 369 g/mol. The van der Waals surface area contributed by atoms with Crippen LogP contribution in [0, 0.1) is 0 Å². The number of ether oxygens (including phenoxy) is 1. The number of amides is 4. The smallest absolute Gasteiger partial charge is 0.416 e. The molecule has 26 heavy (non-hydrogen) atoms. The summed E-state index contributed by atoms with van der Waals surface area (Å²) >= 11 is 0. The van der Waals surface area contributed by atoms with Crippen molar-refractivity contribution in [2.45, 2.75) is 30.7 Å². The van der Waals surface area contributed by atoms with Crippen LogP contribution in [0.3, 0.4) is 0 Å². The fraction of sp³-hybridized carbons (Fsp3) is 0.438. The van der Waals surface area contributed by atoms with Gasteiger partial charge in [0.1, 0.15) is 6.04 Å². The molecule has 0 aromatic heterocycles. The molecule has 0 spiro atoms. The first kappa shape index (κ1) is 16.7. The number of hydrogen-bond donors (Lipinski definition) is 0. The summed E-state index contributed by atoms with van der Waals surface area (Å²) < 4.78 is 43.5. The molecule has 7 nitrogen and oxygen atoms in total. The zero-order chi connectivity index (χ0) is 18.8. The van der Waals surface area contributed by atoms with E-state index in [1.54, 1.807) is 0 Å². The van der Waals surface area contributed by atoms with Gasteiger partial charge in [0, 0.05) is 6.54 Å². The number of rotatable bonds is 1. The van der Waals surface area contributed by atoms with Crippen LogP contribution in [-0.2, 0) is 15.7 Å². The number of hydrogen-bond acceptors (Lipinski definition) is 4. The molecule has 3 heterocycles. The lowest BCUT2D eigenvalue weighted by Crippen LogP contribution is -2.54. The van der Waals surface area contributed by atoms with Gasteiger partial charge in [-0.15, -0.1) is 0 Å². The van der Waals surface area contributed by atoms with E-state index in [4.69, 9.17) is 4.74 Å². The zero-order valence-electron chi connectivity index (χ0n) is 13.6. The number of urea groups is 1. The van der Waals surface area contributed by atoms with Gasteiger partial charge in [0.25, 0.3) is 5.91 Å². The highest BCUT2D eigenvalue weighted by atomic mass is 19.4. The molecular formula is C16H14F3N3O4. The van der Waals surface area contributed by atoms with E-state index >= 15 is 0 Å². The minimum absolute atomic E-state index is 0.131.